The molecular weight excluding hydrogens is 228 g/mol. The van der Waals surface area contributed by atoms with E-state index >= 15 is 0 Å². The summed E-state index contributed by atoms with van der Waals surface area (Å²) in [5.41, 5.74) is 8.10. The Morgan fingerprint density at radius 1 is 1.33 bits per heavy atom. The molecule has 0 atom stereocenters. The third kappa shape index (κ3) is 2.68. The number of pyridine rings is 1. The lowest BCUT2D eigenvalue weighted by atomic mass is 10.1. The van der Waals surface area contributed by atoms with Crippen LogP contribution < -0.4 is 11.1 Å². The molecule has 5 heteroatoms. The van der Waals surface area contributed by atoms with E-state index < -0.39 is 0 Å². The number of nitriles is 1. The zero-order chi connectivity index (χ0) is 13.0. The van der Waals surface area contributed by atoms with Crippen LogP contribution in [0.1, 0.15) is 11.3 Å². The molecule has 18 heavy (non-hydrogen) atoms. The summed E-state index contributed by atoms with van der Waals surface area (Å²) in [7, 11) is 0. The molecule has 0 aliphatic carbocycles. The molecular formula is C13H12N4O. The molecule has 0 aliphatic heterocycles. The first-order valence-corrected chi connectivity index (χ1v) is 5.36. The second kappa shape index (κ2) is 5.06. The van der Waals surface area contributed by atoms with Gasteiger partial charge in [0.25, 0.3) is 0 Å². The molecule has 1 aromatic heterocycles. The van der Waals surface area contributed by atoms with Gasteiger partial charge in [-0.15, -0.1) is 0 Å². The highest BCUT2D eigenvalue weighted by Gasteiger charge is 2.02. The summed E-state index contributed by atoms with van der Waals surface area (Å²) < 4.78 is 0. The van der Waals surface area contributed by atoms with E-state index in [-0.39, 0.29) is 5.75 Å². The Labute approximate surface area is 105 Å². The summed E-state index contributed by atoms with van der Waals surface area (Å²) in [6, 6.07) is 10.2. The third-order valence-corrected chi connectivity index (χ3v) is 2.46. The Morgan fingerprint density at radius 3 is 2.83 bits per heavy atom. The molecule has 90 valence electrons. The predicted molar refractivity (Wildman–Crippen MR) is 68.8 cm³/mol. The summed E-state index contributed by atoms with van der Waals surface area (Å²) >= 11 is 0. The van der Waals surface area contributed by atoms with Gasteiger partial charge in [0.15, 0.2) is 0 Å². The van der Waals surface area contributed by atoms with Gasteiger partial charge in [-0.05, 0) is 30.3 Å². The molecule has 5 nitrogen and oxygen atoms in total. The van der Waals surface area contributed by atoms with Crippen molar-refractivity contribution in [3.05, 3.63) is 47.8 Å². The number of nitrogen functional groups attached to an aromatic ring is 1. The Hall–Kier alpha value is -2.74. The van der Waals surface area contributed by atoms with Gasteiger partial charge in [0.05, 0.1) is 11.9 Å². The van der Waals surface area contributed by atoms with Crippen LogP contribution in [0.3, 0.4) is 0 Å². The highest BCUT2D eigenvalue weighted by molar-refractivity contribution is 5.50. The number of phenols is 1. The molecule has 2 aromatic rings. The van der Waals surface area contributed by atoms with Crippen LogP contribution in [0.25, 0.3) is 0 Å². The van der Waals surface area contributed by atoms with Crippen LogP contribution in [0.15, 0.2) is 36.5 Å². The molecule has 0 saturated heterocycles. The maximum absolute atomic E-state index is 9.64. The highest BCUT2D eigenvalue weighted by atomic mass is 16.3. The molecule has 2 rings (SSSR count). The highest BCUT2D eigenvalue weighted by Crippen LogP contribution is 2.20. The topological polar surface area (TPSA) is 95.0 Å². The SMILES string of the molecule is N#Cc1ccc(NCc2cc(N)ccc2O)cn1. The molecule has 0 spiro atoms. The van der Waals surface area contributed by atoms with E-state index in [2.05, 4.69) is 10.3 Å². The van der Waals surface area contributed by atoms with Gasteiger partial charge in [0.2, 0.25) is 0 Å². The minimum absolute atomic E-state index is 0.193. The minimum atomic E-state index is 0.193. The second-order valence-corrected chi connectivity index (χ2v) is 3.79. The Balaban J connectivity index is 2.07. The van der Waals surface area contributed by atoms with Gasteiger partial charge >= 0.3 is 0 Å². The molecule has 0 radical (unpaired) electrons. The lowest BCUT2D eigenvalue weighted by molar-refractivity contribution is 0.469. The molecule has 1 heterocycles. The van der Waals surface area contributed by atoms with Crippen molar-refractivity contribution in [1.29, 1.82) is 5.26 Å². The number of anilines is 2. The van der Waals surface area contributed by atoms with Crippen molar-refractivity contribution in [2.75, 3.05) is 11.1 Å². The van der Waals surface area contributed by atoms with E-state index in [9.17, 15) is 5.11 Å². The minimum Gasteiger partial charge on any atom is -0.508 e. The van der Waals surface area contributed by atoms with Gasteiger partial charge < -0.3 is 16.2 Å². The van der Waals surface area contributed by atoms with Crippen LogP contribution in [0.4, 0.5) is 11.4 Å². The van der Waals surface area contributed by atoms with Gasteiger partial charge in [0.1, 0.15) is 17.5 Å². The number of hydrogen-bond acceptors (Lipinski definition) is 5. The molecule has 0 bridgehead atoms. The third-order valence-electron chi connectivity index (χ3n) is 2.46. The number of aromatic nitrogens is 1. The molecule has 0 aliphatic rings. The maximum atomic E-state index is 9.64. The zero-order valence-electron chi connectivity index (χ0n) is 9.59. The van der Waals surface area contributed by atoms with Crippen molar-refractivity contribution in [2.24, 2.45) is 0 Å². The molecule has 0 unspecified atom stereocenters. The van der Waals surface area contributed by atoms with Crippen molar-refractivity contribution in [1.82, 2.24) is 4.98 Å². The average Bonchev–Trinajstić information content (AvgIpc) is 2.40. The van der Waals surface area contributed by atoms with Crippen molar-refractivity contribution < 1.29 is 5.11 Å². The predicted octanol–water partition coefficient (Wildman–Crippen LogP) is 1.85. The summed E-state index contributed by atoms with van der Waals surface area (Å²) in [5.74, 6) is 0.193. The second-order valence-electron chi connectivity index (χ2n) is 3.79. The average molecular weight is 240 g/mol. The zero-order valence-corrected chi connectivity index (χ0v) is 9.59. The van der Waals surface area contributed by atoms with Crippen molar-refractivity contribution in [3.63, 3.8) is 0 Å². The largest absolute Gasteiger partial charge is 0.508 e. The Bertz CT molecular complexity index is 587. The fraction of sp³-hybridized carbons (Fsp3) is 0.0769. The normalized spacial score (nSPS) is 9.72. The van der Waals surface area contributed by atoms with Gasteiger partial charge in [-0.3, -0.25) is 0 Å². The standard InChI is InChI=1S/C13H12N4O/c14-6-11-2-3-12(8-17-11)16-7-9-5-10(15)1-4-13(9)18/h1-5,8,16,18H,7,15H2. The molecule has 4 N–H and O–H groups in total. The number of aromatic hydroxyl groups is 1. The summed E-state index contributed by atoms with van der Waals surface area (Å²) in [4.78, 5) is 3.94. The molecule has 0 fully saturated rings. The number of nitrogens with zero attached hydrogens (tertiary/aromatic N) is 2. The first-order valence-electron chi connectivity index (χ1n) is 5.36. The quantitative estimate of drug-likeness (QED) is 0.562. The molecule has 0 amide bonds. The van der Waals surface area contributed by atoms with Crippen molar-refractivity contribution in [2.45, 2.75) is 6.54 Å². The van der Waals surface area contributed by atoms with Gasteiger partial charge in [-0.1, -0.05) is 0 Å². The number of nitrogens with one attached hydrogen (secondary N) is 1. The lowest BCUT2D eigenvalue weighted by Crippen LogP contribution is -2.01. The van der Waals surface area contributed by atoms with Crippen LogP contribution in [0, 0.1) is 11.3 Å². The molecule has 1 aromatic carbocycles. The van der Waals surface area contributed by atoms with Crippen molar-refractivity contribution >= 4 is 11.4 Å². The van der Waals surface area contributed by atoms with E-state index in [1.807, 2.05) is 6.07 Å². The van der Waals surface area contributed by atoms with Crippen molar-refractivity contribution in [3.8, 4) is 11.8 Å². The number of nitrogens with two attached hydrogens (primary N) is 1. The van der Waals surface area contributed by atoms with E-state index in [1.165, 1.54) is 0 Å². The van der Waals surface area contributed by atoms with Crippen LogP contribution in [-0.2, 0) is 6.54 Å². The smallest absolute Gasteiger partial charge is 0.140 e. The monoisotopic (exact) mass is 240 g/mol. The molecule has 0 saturated carbocycles. The number of hydrogen-bond donors (Lipinski definition) is 3. The van der Waals surface area contributed by atoms with E-state index in [4.69, 9.17) is 11.0 Å². The number of phenolic OH excluding ortho intramolecular Hbond substituents is 1. The number of benzene rings is 1. The fourth-order valence-electron chi connectivity index (χ4n) is 1.51. The maximum Gasteiger partial charge on any atom is 0.140 e. The fourth-order valence-corrected chi connectivity index (χ4v) is 1.51. The van der Waals surface area contributed by atoms with Crippen LogP contribution in [0.5, 0.6) is 5.75 Å². The van der Waals surface area contributed by atoms with Crippen LogP contribution >= 0.6 is 0 Å². The van der Waals surface area contributed by atoms with Gasteiger partial charge in [0, 0.05) is 17.8 Å². The van der Waals surface area contributed by atoms with Gasteiger partial charge in [-0.2, -0.15) is 5.26 Å². The summed E-state index contributed by atoms with van der Waals surface area (Å²) in [6.07, 6.45) is 1.57. The summed E-state index contributed by atoms with van der Waals surface area (Å²) in [6.45, 7) is 0.435. The van der Waals surface area contributed by atoms with E-state index in [0.29, 0.717) is 23.5 Å². The number of rotatable bonds is 3. The summed E-state index contributed by atoms with van der Waals surface area (Å²) in [5, 5.41) is 21.4. The first-order chi connectivity index (χ1) is 8.69. The van der Waals surface area contributed by atoms with Crippen LogP contribution in [-0.4, -0.2) is 10.1 Å². The van der Waals surface area contributed by atoms with Crippen LogP contribution in [0.2, 0.25) is 0 Å². The lowest BCUT2D eigenvalue weighted by Gasteiger charge is -2.08. The van der Waals surface area contributed by atoms with E-state index in [1.54, 1.807) is 36.5 Å². The Morgan fingerprint density at radius 2 is 2.17 bits per heavy atom. The first kappa shape index (κ1) is 11.7. The van der Waals surface area contributed by atoms with Gasteiger partial charge in [-0.25, -0.2) is 4.98 Å². The Kier molecular flexibility index (Phi) is 3.30. The van der Waals surface area contributed by atoms with E-state index in [0.717, 1.165) is 5.69 Å².